The maximum Gasteiger partial charge on any atom is 0.261 e. The van der Waals surface area contributed by atoms with E-state index in [2.05, 4.69) is 42.0 Å². The highest BCUT2D eigenvalue weighted by Crippen LogP contribution is 2.31. The molecule has 5 nitrogen and oxygen atoms in total. The number of nitrogens with zero attached hydrogens (tertiary/aromatic N) is 1. The van der Waals surface area contributed by atoms with Crippen molar-refractivity contribution in [2.45, 2.75) is 66.0 Å². The number of hydrogen-bond acceptors (Lipinski definition) is 3. The summed E-state index contributed by atoms with van der Waals surface area (Å²) in [4.78, 5) is 27.9. The van der Waals surface area contributed by atoms with Crippen molar-refractivity contribution in [1.82, 2.24) is 10.2 Å². The van der Waals surface area contributed by atoms with E-state index in [1.165, 1.54) is 0 Å². The zero-order valence-corrected chi connectivity index (χ0v) is 24.4. The second-order valence-electron chi connectivity index (χ2n) is 10.0. The van der Waals surface area contributed by atoms with Gasteiger partial charge in [0.25, 0.3) is 5.91 Å². The van der Waals surface area contributed by atoms with Gasteiger partial charge in [-0.15, -0.1) is 0 Å². The Labute approximate surface area is 227 Å². The van der Waals surface area contributed by atoms with Crippen LogP contribution in [-0.4, -0.2) is 35.9 Å². The molecule has 0 aliphatic carbocycles. The fourth-order valence-corrected chi connectivity index (χ4v) is 4.30. The van der Waals surface area contributed by atoms with E-state index in [9.17, 15) is 9.59 Å². The molecule has 2 aromatic rings. The van der Waals surface area contributed by atoms with E-state index in [0.29, 0.717) is 34.7 Å². The molecule has 2 amide bonds. The Morgan fingerprint density at radius 3 is 2.31 bits per heavy atom. The first kappa shape index (κ1) is 29.5. The number of nitrogens with one attached hydrogen (secondary N) is 1. The smallest absolute Gasteiger partial charge is 0.261 e. The molecular formula is C27H35BrCl2N2O3. The van der Waals surface area contributed by atoms with Crippen molar-refractivity contribution < 1.29 is 14.3 Å². The molecule has 0 saturated heterocycles. The standard InChI is InChI=1S/C27H35BrCl2N2O3/c1-7-23(26(34)31-14-17(2)3)32(15-18-8-10-21(29)22(30)12-18)25(33)16-35-24-11-9-19(13-20(24)28)27(4,5)6/h8-13,17,23H,7,14-16H2,1-6H3,(H,31,34)/t23-/m1/s1. The highest BCUT2D eigenvalue weighted by Gasteiger charge is 2.29. The van der Waals surface area contributed by atoms with Crippen LogP contribution in [0.3, 0.4) is 0 Å². The Bertz CT molecular complexity index is 1040. The third-order valence-corrected chi connectivity index (χ3v) is 6.92. The summed E-state index contributed by atoms with van der Waals surface area (Å²) in [6.45, 7) is 12.9. The van der Waals surface area contributed by atoms with Gasteiger partial charge in [-0.3, -0.25) is 9.59 Å². The lowest BCUT2D eigenvalue weighted by Gasteiger charge is -2.31. The van der Waals surface area contributed by atoms with Crippen molar-refractivity contribution in [2.75, 3.05) is 13.2 Å². The van der Waals surface area contributed by atoms with Gasteiger partial charge >= 0.3 is 0 Å². The van der Waals surface area contributed by atoms with Crippen molar-refractivity contribution in [1.29, 1.82) is 0 Å². The molecule has 1 N–H and O–H groups in total. The van der Waals surface area contributed by atoms with E-state index in [1.54, 1.807) is 23.1 Å². The molecule has 8 heteroatoms. The minimum atomic E-state index is -0.647. The monoisotopic (exact) mass is 584 g/mol. The van der Waals surface area contributed by atoms with Crippen LogP contribution in [0.4, 0.5) is 0 Å². The number of amides is 2. The highest BCUT2D eigenvalue weighted by molar-refractivity contribution is 9.10. The van der Waals surface area contributed by atoms with Crippen LogP contribution in [0.2, 0.25) is 10.0 Å². The van der Waals surface area contributed by atoms with Crippen molar-refractivity contribution >= 4 is 50.9 Å². The van der Waals surface area contributed by atoms with Crippen molar-refractivity contribution in [3.05, 3.63) is 62.0 Å². The lowest BCUT2D eigenvalue weighted by atomic mass is 9.87. The molecule has 0 fully saturated rings. The summed E-state index contributed by atoms with van der Waals surface area (Å²) in [5, 5.41) is 3.78. The van der Waals surface area contributed by atoms with Crippen molar-refractivity contribution in [3.63, 3.8) is 0 Å². The van der Waals surface area contributed by atoms with Crippen LogP contribution in [-0.2, 0) is 21.5 Å². The van der Waals surface area contributed by atoms with E-state index < -0.39 is 6.04 Å². The number of rotatable bonds is 10. The molecular weight excluding hydrogens is 551 g/mol. The molecule has 0 heterocycles. The fourth-order valence-electron chi connectivity index (χ4n) is 3.48. The Kier molecular flexibility index (Phi) is 10.9. The quantitative estimate of drug-likeness (QED) is 0.326. The topological polar surface area (TPSA) is 58.6 Å². The average Bonchev–Trinajstić information content (AvgIpc) is 2.78. The first-order chi connectivity index (χ1) is 16.3. The Morgan fingerprint density at radius 2 is 1.77 bits per heavy atom. The maximum atomic E-state index is 13.4. The number of ether oxygens (including phenoxy) is 1. The molecule has 0 bridgehead atoms. The molecule has 2 rings (SSSR count). The molecule has 192 valence electrons. The second-order valence-corrected chi connectivity index (χ2v) is 11.7. The van der Waals surface area contributed by atoms with Gasteiger partial charge in [-0.05, 0) is 69.1 Å². The van der Waals surface area contributed by atoms with E-state index in [0.717, 1.165) is 15.6 Å². The number of halogens is 3. The summed E-state index contributed by atoms with van der Waals surface area (Å²) in [6.07, 6.45) is 0.459. The Hall–Kier alpha value is -1.76. The molecule has 2 aromatic carbocycles. The van der Waals surface area contributed by atoms with Crippen LogP contribution >= 0.6 is 39.1 Å². The molecule has 1 atom stereocenters. The van der Waals surface area contributed by atoms with E-state index in [-0.39, 0.29) is 30.4 Å². The maximum absolute atomic E-state index is 13.4. The second kappa shape index (κ2) is 13.0. The largest absolute Gasteiger partial charge is 0.483 e. The summed E-state index contributed by atoms with van der Waals surface area (Å²) in [7, 11) is 0. The highest BCUT2D eigenvalue weighted by atomic mass is 79.9. The van der Waals surface area contributed by atoms with Gasteiger partial charge in [-0.2, -0.15) is 0 Å². The van der Waals surface area contributed by atoms with Crippen LogP contribution in [0.15, 0.2) is 40.9 Å². The van der Waals surface area contributed by atoms with Crippen LogP contribution in [0.25, 0.3) is 0 Å². The molecule has 0 aliphatic heterocycles. The zero-order valence-electron chi connectivity index (χ0n) is 21.3. The first-order valence-electron chi connectivity index (χ1n) is 11.8. The van der Waals surface area contributed by atoms with Gasteiger partial charge in [0.1, 0.15) is 11.8 Å². The summed E-state index contributed by atoms with van der Waals surface area (Å²) in [6, 6.07) is 10.4. The minimum absolute atomic E-state index is 0.00871. The summed E-state index contributed by atoms with van der Waals surface area (Å²) in [5.74, 6) is 0.380. The summed E-state index contributed by atoms with van der Waals surface area (Å²) in [5.41, 5.74) is 1.92. The van der Waals surface area contributed by atoms with Gasteiger partial charge < -0.3 is 15.0 Å². The number of benzene rings is 2. The van der Waals surface area contributed by atoms with E-state index in [1.807, 2.05) is 39.0 Å². The van der Waals surface area contributed by atoms with Crippen LogP contribution < -0.4 is 10.1 Å². The Morgan fingerprint density at radius 1 is 1.09 bits per heavy atom. The van der Waals surface area contributed by atoms with Crippen LogP contribution in [0.5, 0.6) is 5.75 Å². The molecule has 0 spiro atoms. The lowest BCUT2D eigenvalue weighted by Crippen LogP contribution is -2.50. The number of carbonyl (C=O) groups excluding carboxylic acids is 2. The fraction of sp³-hybridized carbons (Fsp3) is 0.481. The average molecular weight is 586 g/mol. The SMILES string of the molecule is CC[C@H](C(=O)NCC(C)C)N(Cc1ccc(Cl)c(Cl)c1)C(=O)COc1ccc(C(C)(C)C)cc1Br. The van der Waals surface area contributed by atoms with Gasteiger partial charge in [-0.25, -0.2) is 0 Å². The zero-order chi connectivity index (χ0) is 26.3. The van der Waals surface area contributed by atoms with Crippen molar-refractivity contribution in [2.24, 2.45) is 5.92 Å². The molecule has 0 radical (unpaired) electrons. The third kappa shape index (κ3) is 8.69. The first-order valence-corrected chi connectivity index (χ1v) is 13.3. The molecule has 35 heavy (non-hydrogen) atoms. The van der Waals surface area contributed by atoms with E-state index >= 15 is 0 Å². The van der Waals surface area contributed by atoms with Gasteiger partial charge in [0.15, 0.2) is 6.61 Å². The number of carbonyl (C=O) groups is 2. The molecule has 0 aliphatic rings. The summed E-state index contributed by atoms with van der Waals surface area (Å²) >= 11 is 15.8. The molecule has 0 aromatic heterocycles. The number of hydrogen-bond donors (Lipinski definition) is 1. The molecule has 0 saturated carbocycles. The predicted octanol–water partition coefficient (Wildman–Crippen LogP) is 7.01. The van der Waals surface area contributed by atoms with Gasteiger partial charge in [0, 0.05) is 13.1 Å². The van der Waals surface area contributed by atoms with Gasteiger partial charge in [-0.1, -0.05) is 76.9 Å². The summed E-state index contributed by atoms with van der Waals surface area (Å²) < 4.78 is 6.66. The van der Waals surface area contributed by atoms with Gasteiger partial charge in [0.2, 0.25) is 5.91 Å². The minimum Gasteiger partial charge on any atom is -0.483 e. The predicted molar refractivity (Wildman–Crippen MR) is 147 cm³/mol. The lowest BCUT2D eigenvalue weighted by molar-refractivity contribution is -0.143. The normalized spacial score (nSPS) is 12.4. The van der Waals surface area contributed by atoms with Crippen LogP contribution in [0.1, 0.15) is 59.1 Å². The third-order valence-electron chi connectivity index (χ3n) is 5.56. The van der Waals surface area contributed by atoms with Crippen LogP contribution in [0, 0.1) is 5.92 Å². The van der Waals surface area contributed by atoms with Gasteiger partial charge in [0.05, 0.1) is 14.5 Å². The molecule has 0 unspecified atom stereocenters. The Balaban J connectivity index is 2.26. The van der Waals surface area contributed by atoms with E-state index in [4.69, 9.17) is 27.9 Å². The van der Waals surface area contributed by atoms with Crippen molar-refractivity contribution in [3.8, 4) is 5.75 Å².